The first-order chi connectivity index (χ1) is 14.7. The first kappa shape index (κ1) is 20.1. The Kier molecular flexibility index (Phi) is 6.39. The molecule has 3 aromatic rings. The van der Waals surface area contributed by atoms with E-state index in [2.05, 4.69) is 10.3 Å². The summed E-state index contributed by atoms with van der Waals surface area (Å²) in [6.45, 7) is 1.81. The summed E-state index contributed by atoms with van der Waals surface area (Å²) >= 11 is 0. The molecule has 7 nitrogen and oxygen atoms in total. The minimum atomic E-state index is 0.0180. The van der Waals surface area contributed by atoms with Gasteiger partial charge in [-0.15, -0.1) is 0 Å². The number of ether oxygens (including phenoxy) is 2. The maximum Gasteiger partial charge on any atom is 0.222 e. The van der Waals surface area contributed by atoms with Crippen LogP contribution in [0.4, 0.5) is 0 Å². The van der Waals surface area contributed by atoms with Gasteiger partial charge in [0.25, 0.3) is 0 Å². The predicted octanol–water partition coefficient (Wildman–Crippen LogP) is 3.31. The molecule has 1 atom stereocenters. The van der Waals surface area contributed by atoms with Gasteiger partial charge < -0.3 is 14.8 Å². The minimum absolute atomic E-state index is 0.0180. The average molecular weight is 406 g/mol. The fraction of sp³-hybridized carbons (Fsp3) is 0.348. The number of pyridine rings is 1. The lowest BCUT2D eigenvalue weighted by atomic mass is 10.1. The number of benzene rings is 1. The van der Waals surface area contributed by atoms with E-state index >= 15 is 0 Å². The third kappa shape index (κ3) is 4.86. The van der Waals surface area contributed by atoms with Gasteiger partial charge in [-0.05, 0) is 43.2 Å². The van der Waals surface area contributed by atoms with Crippen molar-refractivity contribution in [3.63, 3.8) is 0 Å². The third-order valence-corrected chi connectivity index (χ3v) is 5.19. The SMILES string of the molecule is COc1cccc(-c2cc(-c3cccnc3)nn2CCNC(=O)C[C@@H]2CCCO2)c1. The van der Waals surface area contributed by atoms with E-state index in [1.807, 2.05) is 47.1 Å². The molecule has 3 heterocycles. The molecule has 1 amide bonds. The van der Waals surface area contributed by atoms with Crippen LogP contribution in [0, 0.1) is 0 Å². The molecule has 1 saturated heterocycles. The van der Waals surface area contributed by atoms with E-state index in [0.717, 1.165) is 47.7 Å². The first-order valence-corrected chi connectivity index (χ1v) is 10.2. The fourth-order valence-corrected chi connectivity index (χ4v) is 3.64. The molecule has 0 bridgehead atoms. The van der Waals surface area contributed by atoms with Crippen molar-refractivity contribution in [2.24, 2.45) is 0 Å². The number of aromatic nitrogens is 3. The molecule has 30 heavy (non-hydrogen) atoms. The summed E-state index contributed by atoms with van der Waals surface area (Å²) in [6, 6.07) is 13.8. The number of amides is 1. The third-order valence-electron chi connectivity index (χ3n) is 5.19. The zero-order valence-corrected chi connectivity index (χ0v) is 17.1. The maximum atomic E-state index is 12.2. The second kappa shape index (κ2) is 9.54. The summed E-state index contributed by atoms with van der Waals surface area (Å²) in [6.07, 6.45) is 6.01. The van der Waals surface area contributed by atoms with Crippen molar-refractivity contribution >= 4 is 5.91 Å². The Morgan fingerprint density at radius 3 is 2.93 bits per heavy atom. The fourth-order valence-electron chi connectivity index (χ4n) is 3.64. The second-order valence-electron chi connectivity index (χ2n) is 7.30. The Balaban J connectivity index is 1.51. The molecule has 4 rings (SSSR count). The molecule has 1 N–H and O–H groups in total. The Bertz CT molecular complexity index is 981. The van der Waals surface area contributed by atoms with Gasteiger partial charge in [0.05, 0.1) is 37.6 Å². The number of nitrogens with zero attached hydrogens (tertiary/aromatic N) is 3. The smallest absolute Gasteiger partial charge is 0.222 e. The number of rotatable bonds is 8. The lowest BCUT2D eigenvalue weighted by Crippen LogP contribution is -2.30. The molecule has 7 heteroatoms. The van der Waals surface area contributed by atoms with Gasteiger partial charge in [0.15, 0.2) is 0 Å². The second-order valence-corrected chi connectivity index (χ2v) is 7.30. The average Bonchev–Trinajstić information content (AvgIpc) is 3.44. The van der Waals surface area contributed by atoms with E-state index in [4.69, 9.17) is 14.6 Å². The number of carbonyl (C=O) groups is 1. The van der Waals surface area contributed by atoms with Crippen molar-refractivity contribution in [2.45, 2.75) is 31.9 Å². The highest BCUT2D eigenvalue weighted by molar-refractivity contribution is 5.76. The molecule has 1 aliphatic rings. The monoisotopic (exact) mass is 406 g/mol. The molecule has 0 aliphatic carbocycles. The molecule has 1 fully saturated rings. The minimum Gasteiger partial charge on any atom is -0.497 e. The molecular weight excluding hydrogens is 380 g/mol. The van der Waals surface area contributed by atoms with Crippen LogP contribution in [0.15, 0.2) is 54.9 Å². The van der Waals surface area contributed by atoms with Gasteiger partial charge in [0.1, 0.15) is 5.75 Å². The van der Waals surface area contributed by atoms with Gasteiger partial charge in [0, 0.05) is 36.7 Å². The van der Waals surface area contributed by atoms with Gasteiger partial charge in [-0.2, -0.15) is 5.10 Å². The number of methoxy groups -OCH3 is 1. The highest BCUT2D eigenvalue weighted by atomic mass is 16.5. The zero-order chi connectivity index (χ0) is 20.8. The molecule has 1 aliphatic heterocycles. The number of hydrogen-bond acceptors (Lipinski definition) is 5. The normalized spacial score (nSPS) is 15.8. The van der Waals surface area contributed by atoms with Crippen molar-refractivity contribution in [2.75, 3.05) is 20.3 Å². The Morgan fingerprint density at radius 2 is 2.17 bits per heavy atom. The zero-order valence-electron chi connectivity index (χ0n) is 17.1. The molecule has 0 spiro atoms. The van der Waals surface area contributed by atoms with Crippen LogP contribution >= 0.6 is 0 Å². The van der Waals surface area contributed by atoms with Gasteiger partial charge in [0.2, 0.25) is 5.91 Å². The predicted molar refractivity (Wildman–Crippen MR) is 114 cm³/mol. The largest absolute Gasteiger partial charge is 0.497 e. The van der Waals surface area contributed by atoms with Crippen molar-refractivity contribution in [3.8, 4) is 28.3 Å². The topological polar surface area (TPSA) is 78.3 Å². The molecule has 156 valence electrons. The van der Waals surface area contributed by atoms with Crippen LogP contribution in [0.1, 0.15) is 19.3 Å². The lowest BCUT2D eigenvalue weighted by Gasteiger charge is -2.11. The summed E-state index contributed by atoms with van der Waals surface area (Å²) in [4.78, 5) is 16.4. The molecule has 0 unspecified atom stereocenters. The standard InChI is InChI=1S/C23H26N4O3/c1-29-19-7-2-5-17(13-19)22-15-21(18-6-3-9-24-16-18)26-27(22)11-10-25-23(28)14-20-8-4-12-30-20/h2-3,5-7,9,13,15-16,20H,4,8,10-12,14H2,1H3,(H,25,28)/t20-/m0/s1. The highest BCUT2D eigenvalue weighted by Crippen LogP contribution is 2.28. The molecule has 0 radical (unpaired) electrons. The number of nitrogens with one attached hydrogen (secondary N) is 1. The van der Waals surface area contributed by atoms with Crippen LogP contribution in [0.3, 0.4) is 0 Å². The summed E-state index contributed by atoms with van der Waals surface area (Å²) < 4.78 is 12.8. The van der Waals surface area contributed by atoms with Crippen LogP contribution in [-0.4, -0.2) is 47.0 Å². The summed E-state index contributed by atoms with van der Waals surface area (Å²) in [5.41, 5.74) is 3.75. The first-order valence-electron chi connectivity index (χ1n) is 10.2. The van der Waals surface area contributed by atoms with Crippen LogP contribution in [0.2, 0.25) is 0 Å². The summed E-state index contributed by atoms with van der Waals surface area (Å²) in [5.74, 6) is 0.803. The van der Waals surface area contributed by atoms with Crippen LogP contribution in [0.5, 0.6) is 5.75 Å². The molecular formula is C23H26N4O3. The van der Waals surface area contributed by atoms with Crippen molar-refractivity contribution in [1.82, 2.24) is 20.1 Å². The summed E-state index contributed by atoms with van der Waals surface area (Å²) in [7, 11) is 1.65. The van der Waals surface area contributed by atoms with Gasteiger partial charge >= 0.3 is 0 Å². The van der Waals surface area contributed by atoms with Gasteiger partial charge in [-0.25, -0.2) is 0 Å². The van der Waals surface area contributed by atoms with E-state index in [9.17, 15) is 4.79 Å². The van der Waals surface area contributed by atoms with Crippen LogP contribution in [0.25, 0.3) is 22.5 Å². The van der Waals surface area contributed by atoms with Crippen LogP contribution < -0.4 is 10.1 Å². The van der Waals surface area contributed by atoms with E-state index in [1.54, 1.807) is 19.5 Å². The van der Waals surface area contributed by atoms with E-state index in [1.165, 1.54) is 0 Å². The van der Waals surface area contributed by atoms with Gasteiger partial charge in [-0.1, -0.05) is 12.1 Å². The number of hydrogen-bond donors (Lipinski definition) is 1. The quantitative estimate of drug-likeness (QED) is 0.621. The Morgan fingerprint density at radius 1 is 1.27 bits per heavy atom. The van der Waals surface area contributed by atoms with Crippen molar-refractivity contribution < 1.29 is 14.3 Å². The van der Waals surface area contributed by atoms with E-state index in [-0.39, 0.29) is 12.0 Å². The maximum absolute atomic E-state index is 12.2. The van der Waals surface area contributed by atoms with Gasteiger partial charge in [-0.3, -0.25) is 14.5 Å². The molecule has 0 saturated carbocycles. The lowest BCUT2D eigenvalue weighted by molar-refractivity contribution is -0.123. The van der Waals surface area contributed by atoms with Crippen molar-refractivity contribution in [3.05, 3.63) is 54.9 Å². The van der Waals surface area contributed by atoms with Crippen LogP contribution in [-0.2, 0) is 16.1 Å². The Hall–Kier alpha value is -3.19. The van der Waals surface area contributed by atoms with E-state index < -0.39 is 0 Å². The molecule has 2 aromatic heterocycles. The number of carbonyl (C=O) groups excluding carboxylic acids is 1. The summed E-state index contributed by atoms with van der Waals surface area (Å²) in [5, 5.41) is 7.76. The Labute approximate surface area is 176 Å². The highest BCUT2D eigenvalue weighted by Gasteiger charge is 2.19. The van der Waals surface area contributed by atoms with Crippen molar-refractivity contribution in [1.29, 1.82) is 0 Å². The van der Waals surface area contributed by atoms with E-state index in [0.29, 0.717) is 19.5 Å². The molecule has 1 aromatic carbocycles.